The molecule has 1 saturated carbocycles. The molecule has 0 saturated heterocycles. The van der Waals surface area contributed by atoms with Gasteiger partial charge >= 0.3 is 0 Å². The van der Waals surface area contributed by atoms with Crippen LogP contribution in [0.2, 0.25) is 0 Å². The minimum atomic E-state index is -0.271. The number of hydrogen-bond acceptors (Lipinski definition) is 4. The molecule has 1 heterocycles. The van der Waals surface area contributed by atoms with E-state index in [0.29, 0.717) is 5.56 Å². The van der Waals surface area contributed by atoms with E-state index < -0.39 is 0 Å². The summed E-state index contributed by atoms with van der Waals surface area (Å²) in [5.41, 5.74) is 1.04. The summed E-state index contributed by atoms with van der Waals surface area (Å²) >= 11 is 0. The Kier molecular flexibility index (Phi) is 3.60. The van der Waals surface area contributed by atoms with E-state index in [1.807, 2.05) is 0 Å². The van der Waals surface area contributed by atoms with Gasteiger partial charge in [-0.25, -0.2) is 0 Å². The Hall–Kier alpha value is -1.60. The molecule has 0 spiro atoms. The number of aliphatic hydroxyl groups is 1. The number of nitrogens with one attached hydrogen (secondary N) is 1. The van der Waals surface area contributed by atoms with Crippen LogP contribution in [-0.4, -0.2) is 22.2 Å². The van der Waals surface area contributed by atoms with E-state index in [1.54, 1.807) is 18.5 Å². The van der Waals surface area contributed by atoms with Gasteiger partial charge in [-0.1, -0.05) is 19.3 Å². The smallest absolute Gasteiger partial charge is 0.101 e. The normalized spacial score (nSPS) is 18.4. The number of nitrogens with zero attached hydrogens (tertiary/aromatic N) is 2. The van der Waals surface area contributed by atoms with E-state index >= 15 is 0 Å². The zero-order valence-electron chi connectivity index (χ0n) is 9.82. The van der Waals surface area contributed by atoms with Gasteiger partial charge in [0.25, 0.3) is 0 Å². The van der Waals surface area contributed by atoms with Crippen LogP contribution >= 0.6 is 0 Å². The standard InChI is InChI=1S/C13H17N3O/c14-8-11-4-7-15-9-12(11)16-13(10-17)5-2-1-3-6-13/h4,7,9,16-17H,1-3,5-6,10H2. The number of nitriles is 1. The minimum absolute atomic E-state index is 0.104. The van der Waals surface area contributed by atoms with E-state index in [-0.39, 0.29) is 12.1 Å². The molecular weight excluding hydrogens is 214 g/mol. The van der Waals surface area contributed by atoms with Crippen molar-refractivity contribution in [2.75, 3.05) is 11.9 Å². The van der Waals surface area contributed by atoms with Crippen LogP contribution in [-0.2, 0) is 0 Å². The lowest BCUT2D eigenvalue weighted by Crippen LogP contribution is -2.44. The number of rotatable bonds is 3. The van der Waals surface area contributed by atoms with Crippen LogP contribution in [0, 0.1) is 11.3 Å². The zero-order valence-corrected chi connectivity index (χ0v) is 9.82. The third kappa shape index (κ3) is 2.56. The third-order valence-corrected chi connectivity index (χ3v) is 3.45. The highest BCUT2D eigenvalue weighted by atomic mass is 16.3. The van der Waals surface area contributed by atoms with Gasteiger partial charge in [-0.2, -0.15) is 5.26 Å². The summed E-state index contributed by atoms with van der Waals surface area (Å²) in [6, 6.07) is 3.83. The molecular formula is C13H17N3O. The zero-order chi connectivity index (χ0) is 12.1. The van der Waals surface area contributed by atoms with Crippen LogP contribution in [0.15, 0.2) is 18.5 Å². The molecule has 1 aromatic heterocycles. The molecule has 0 aliphatic heterocycles. The fourth-order valence-corrected chi connectivity index (χ4v) is 2.43. The van der Waals surface area contributed by atoms with Crippen molar-refractivity contribution in [1.29, 1.82) is 5.26 Å². The Morgan fingerprint density at radius 2 is 2.18 bits per heavy atom. The van der Waals surface area contributed by atoms with E-state index in [0.717, 1.165) is 31.4 Å². The maximum atomic E-state index is 9.60. The van der Waals surface area contributed by atoms with Gasteiger partial charge in [-0.05, 0) is 18.9 Å². The third-order valence-electron chi connectivity index (χ3n) is 3.45. The van der Waals surface area contributed by atoms with Gasteiger partial charge in [-0.3, -0.25) is 4.98 Å². The average molecular weight is 231 g/mol. The van der Waals surface area contributed by atoms with Crippen molar-refractivity contribution < 1.29 is 5.11 Å². The lowest BCUT2D eigenvalue weighted by molar-refractivity contribution is 0.173. The summed E-state index contributed by atoms with van der Waals surface area (Å²) in [4.78, 5) is 4.03. The van der Waals surface area contributed by atoms with Crippen LogP contribution in [0.4, 0.5) is 5.69 Å². The molecule has 4 heteroatoms. The van der Waals surface area contributed by atoms with Gasteiger partial charge in [0.2, 0.25) is 0 Å². The largest absolute Gasteiger partial charge is 0.394 e. The summed E-state index contributed by atoms with van der Waals surface area (Å²) < 4.78 is 0. The summed E-state index contributed by atoms with van der Waals surface area (Å²) in [7, 11) is 0. The average Bonchev–Trinajstić information content (AvgIpc) is 2.40. The van der Waals surface area contributed by atoms with E-state index in [9.17, 15) is 5.11 Å². The van der Waals surface area contributed by atoms with Crippen LogP contribution in [0.3, 0.4) is 0 Å². The van der Waals surface area contributed by atoms with Crippen LogP contribution < -0.4 is 5.32 Å². The molecule has 1 aliphatic carbocycles. The van der Waals surface area contributed by atoms with Gasteiger partial charge < -0.3 is 10.4 Å². The molecule has 0 bridgehead atoms. The number of aromatic nitrogens is 1. The Balaban J connectivity index is 2.21. The van der Waals surface area contributed by atoms with E-state index in [4.69, 9.17) is 5.26 Å². The Bertz CT molecular complexity index is 419. The second-order valence-electron chi connectivity index (χ2n) is 4.66. The second kappa shape index (κ2) is 5.15. The first-order chi connectivity index (χ1) is 8.29. The van der Waals surface area contributed by atoms with Crippen LogP contribution in [0.5, 0.6) is 0 Å². The molecule has 0 amide bonds. The maximum Gasteiger partial charge on any atom is 0.101 e. The van der Waals surface area contributed by atoms with Crippen molar-refractivity contribution in [3.63, 3.8) is 0 Å². The van der Waals surface area contributed by atoms with E-state index in [2.05, 4.69) is 16.4 Å². The molecule has 1 aromatic rings. The van der Waals surface area contributed by atoms with Crippen molar-refractivity contribution in [3.8, 4) is 6.07 Å². The minimum Gasteiger partial charge on any atom is -0.394 e. The Labute approximate surface area is 101 Å². The van der Waals surface area contributed by atoms with Gasteiger partial charge in [0.05, 0.1) is 29.6 Å². The van der Waals surface area contributed by atoms with Crippen molar-refractivity contribution in [3.05, 3.63) is 24.0 Å². The monoisotopic (exact) mass is 231 g/mol. The molecule has 0 unspecified atom stereocenters. The topological polar surface area (TPSA) is 68.9 Å². The highest BCUT2D eigenvalue weighted by molar-refractivity contribution is 5.57. The van der Waals surface area contributed by atoms with Crippen LogP contribution in [0.25, 0.3) is 0 Å². The fourth-order valence-electron chi connectivity index (χ4n) is 2.43. The summed E-state index contributed by atoms with van der Waals surface area (Å²) in [5.74, 6) is 0. The molecule has 4 nitrogen and oxygen atoms in total. The Morgan fingerprint density at radius 1 is 1.41 bits per heavy atom. The SMILES string of the molecule is N#Cc1ccncc1NC1(CO)CCCCC1. The fraction of sp³-hybridized carbons (Fsp3) is 0.538. The molecule has 0 atom stereocenters. The van der Waals surface area contributed by atoms with Crippen molar-refractivity contribution >= 4 is 5.69 Å². The molecule has 0 aromatic carbocycles. The number of anilines is 1. The molecule has 1 fully saturated rings. The highest BCUT2D eigenvalue weighted by Crippen LogP contribution is 2.31. The number of aliphatic hydroxyl groups excluding tert-OH is 1. The quantitative estimate of drug-likeness (QED) is 0.835. The first-order valence-corrected chi connectivity index (χ1v) is 6.03. The summed E-state index contributed by atoms with van der Waals surface area (Å²) in [5, 5.41) is 22.0. The van der Waals surface area contributed by atoms with Crippen molar-refractivity contribution in [1.82, 2.24) is 4.98 Å². The highest BCUT2D eigenvalue weighted by Gasteiger charge is 2.31. The van der Waals surface area contributed by atoms with Crippen LogP contribution in [0.1, 0.15) is 37.7 Å². The van der Waals surface area contributed by atoms with E-state index in [1.165, 1.54) is 6.42 Å². The lowest BCUT2D eigenvalue weighted by atomic mass is 9.82. The first-order valence-electron chi connectivity index (χ1n) is 6.03. The lowest BCUT2D eigenvalue weighted by Gasteiger charge is -2.37. The number of hydrogen-bond donors (Lipinski definition) is 2. The maximum absolute atomic E-state index is 9.60. The molecule has 17 heavy (non-hydrogen) atoms. The number of pyridine rings is 1. The Morgan fingerprint density at radius 3 is 2.82 bits per heavy atom. The molecule has 2 rings (SSSR count). The van der Waals surface area contributed by atoms with Gasteiger partial charge in [0.1, 0.15) is 6.07 Å². The summed E-state index contributed by atoms with van der Waals surface area (Å²) in [6.07, 6.45) is 8.63. The molecule has 1 aliphatic rings. The van der Waals surface area contributed by atoms with Crippen molar-refractivity contribution in [2.24, 2.45) is 0 Å². The van der Waals surface area contributed by atoms with Gasteiger partial charge in [0, 0.05) is 6.20 Å². The van der Waals surface area contributed by atoms with Gasteiger partial charge in [-0.15, -0.1) is 0 Å². The molecule has 90 valence electrons. The molecule has 2 N–H and O–H groups in total. The first kappa shape index (κ1) is 11.9. The second-order valence-corrected chi connectivity index (χ2v) is 4.66. The predicted octanol–water partition coefficient (Wildman–Crippen LogP) is 2.06. The summed E-state index contributed by atoms with van der Waals surface area (Å²) in [6.45, 7) is 0.104. The van der Waals surface area contributed by atoms with Crippen molar-refractivity contribution in [2.45, 2.75) is 37.6 Å². The predicted molar refractivity (Wildman–Crippen MR) is 65.5 cm³/mol. The van der Waals surface area contributed by atoms with Gasteiger partial charge in [0.15, 0.2) is 0 Å². The molecule has 0 radical (unpaired) electrons.